The third kappa shape index (κ3) is 3.18. The first-order valence-corrected chi connectivity index (χ1v) is 5.13. The lowest BCUT2D eigenvalue weighted by Gasteiger charge is -2.21. The Morgan fingerprint density at radius 2 is 2.19 bits per heavy atom. The summed E-state index contributed by atoms with van der Waals surface area (Å²) >= 11 is 5.85. The summed E-state index contributed by atoms with van der Waals surface area (Å²) in [5, 5.41) is 12.1. The Kier molecular flexibility index (Phi) is 3.88. The fourth-order valence-electron chi connectivity index (χ4n) is 1.07. The van der Waals surface area contributed by atoms with Crippen LogP contribution in [-0.4, -0.2) is 16.6 Å². The molecule has 3 nitrogen and oxygen atoms in total. The second-order valence-electron chi connectivity index (χ2n) is 4.02. The first kappa shape index (κ1) is 12.9. The monoisotopic (exact) mass is 245 g/mol. The molecule has 0 saturated heterocycles. The average molecular weight is 246 g/mol. The molecule has 0 unspecified atom stereocenters. The van der Waals surface area contributed by atoms with Gasteiger partial charge in [0.15, 0.2) is 0 Å². The van der Waals surface area contributed by atoms with E-state index in [2.05, 4.69) is 5.32 Å². The van der Waals surface area contributed by atoms with Gasteiger partial charge in [-0.25, -0.2) is 4.39 Å². The highest BCUT2D eigenvalue weighted by molar-refractivity contribution is 6.31. The summed E-state index contributed by atoms with van der Waals surface area (Å²) in [6.07, 6.45) is 0. The van der Waals surface area contributed by atoms with Crippen molar-refractivity contribution < 1.29 is 14.3 Å². The number of aliphatic carboxylic acids is 1. The molecule has 0 aliphatic rings. The Balaban J connectivity index is 2.75. The summed E-state index contributed by atoms with van der Waals surface area (Å²) in [5.74, 6) is -1.37. The van der Waals surface area contributed by atoms with Gasteiger partial charge in [0, 0.05) is 11.6 Å². The van der Waals surface area contributed by atoms with Crippen molar-refractivity contribution in [3.63, 3.8) is 0 Å². The van der Waals surface area contributed by atoms with Gasteiger partial charge in [-0.2, -0.15) is 0 Å². The van der Waals surface area contributed by atoms with Crippen LogP contribution in [0.3, 0.4) is 0 Å². The lowest BCUT2D eigenvalue weighted by Crippen LogP contribution is -2.46. The van der Waals surface area contributed by atoms with Gasteiger partial charge in [-0.1, -0.05) is 11.6 Å². The van der Waals surface area contributed by atoms with Crippen molar-refractivity contribution in [3.05, 3.63) is 34.6 Å². The lowest BCUT2D eigenvalue weighted by molar-refractivity contribution is -0.143. The van der Waals surface area contributed by atoms with Crippen molar-refractivity contribution in [2.75, 3.05) is 0 Å². The first-order chi connectivity index (χ1) is 7.33. The molecule has 5 heteroatoms. The molecule has 0 aromatic heterocycles. The smallest absolute Gasteiger partial charge is 0.323 e. The van der Waals surface area contributed by atoms with Crippen molar-refractivity contribution in [2.24, 2.45) is 0 Å². The summed E-state index contributed by atoms with van der Waals surface area (Å²) in [6.45, 7) is 3.26. The number of hydrogen-bond donors (Lipinski definition) is 2. The van der Waals surface area contributed by atoms with E-state index in [1.54, 1.807) is 0 Å². The van der Waals surface area contributed by atoms with E-state index in [-0.39, 0.29) is 6.54 Å². The van der Waals surface area contributed by atoms with Crippen LogP contribution in [0.2, 0.25) is 5.02 Å². The molecule has 0 bridgehead atoms. The molecule has 0 aliphatic carbocycles. The third-order valence-electron chi connectivity index (χ3n) is 2.26. The van der Waals surface area contributed by atoms with Crippen molar-refractivity contribution in [2.45, 2.75) is 25.9 Å². The highest BCUT2D eigenvalue weighted by Crippen LogP contribution is 2.17. The van der Waals surface area contributed by atoms with Gasteiger partial charge >= 0.3 is 5.97 Å². The quantitative estimate of drug-likeness (QED) is 0.857. The lowest BCUT2D eigenvalue weighted by atomic mass is 10.1. The number of carboxylic acid groups (broad SMARTS) is 1. The molecule has 0 saturated carbocycles. The van der Waals surface area contributed by atoms with E-state index < -0.39 is 17.3 Å². The van der Waals surface area contributed by atoms with Crippen molar-refractivity contribution in [1.82, 2.24) is 5.32 Å². The summed E-state index contributed by atoms with van der Waals surface area (Å²) in [7, 11) is 0. The fourth-order valence-corrected chi connectivity index (χ4v) is 1.25. The Hall–Kier alpha value is -1.13. The van der Waals surface area contributed by atoms with E-state index in [4.69, 9.17) is 16.7 Å². The molecule has 16 heavy (non-hydrogen) atoms. The fraction of sp³-hybridized carbons (Fsp3) is 0.364. The summed E-state index contributed by atoms with van der Waals surface area (Å²) < 4.78 is 12.9. The van der Waals surface area contributed by atoms with Crippen LogP contribution in [0.1, 0.15) is 19.4 Å². The zero-order valence-electron chi connectivity index (χ0n) is 9.05. The van der Waals surface area contributed by atoms with Gasteiger partial charge in [0.1, 0.15) is 11.4 Å². The molecule has 0 spiro atoms. The minimum Gasteiger partial charge on any atom is -0.480 e. The number of hydrogen-bond acceptors (Lipinski definition) is 2. The zero-order chi connectivity index (χ0) is 12.3. The van der Waals surface area contributed by atoms with Crippen LogP contribution in [0, 0.1) is 5.82 Å². The second-order valence-corrected chi connectivity index (χ2v) is 4.43. The summed E-state index contributed by atoms with van der Waals surface area (Å²) in [6, 6.07) is 3.99. The third-order valence-corrected chi connectivity index (χ3v) is 2.63. The summed E-state index contributed by atoms with van der Waals surface area (Å²) in [4.78, 5) is 10.8. The largest absolute Gasteiger partial charge is 0.480 e. The molecule has 1 aromatic rings. The topological polar surface area (TPSA) is 49.3 Å². The zero-order valence-corrected chi connectivity index (χ0v) is 9.81. The van der Waals surface area contributed by atoms with Gasteiger partial charge in [0.25, 0.3) is 0 Å². The predicted octanol–water partition coefficient (Wildman–Crippen LogP) is 2.43. The minimum absolute atomic E-state index is 0.204. The maximum atomic E-state index is 12.9. The van der Waals surface area contributed by atoms with Crippen molar-refractivity contribution >= 4 is 17.6 Å². The molecule has 0 atom stereocenters. The number of rotatable bonds is 4. The number of benzene rings is 1. The standard InChI is InChI=1S/C11H13ClFNO2/c1-11(2,10(15)16)14-6-7-5-8(13)3-4-9(7)12/h3-5,14H,6H2,1-2H3,(H,15,16). The number of halogens is 2. The van der Waals surface area contributed by atoms with E-state index in [0.29, 0.717) is 10.6 Å². The van der Waals surface area contributed by atoms with Crippen LogP contribution in [-0.2, 0) is 11.3 Å². The highest BCUT2D eigenvalue weighted by atomic mass is 35.5. The van der Waals surface area contributed by atoms with Gasteiger partial charge in [-0.05, 0) is 37.6 Å². The van der Waals surface area contributed by atoms with Gasteiger partial charge in [0.05, 0.1) is 0 Å². The highest BCUT2D eigenvalue weighted by Gasteiger charge is 2.26. The number of carboxylic acids is 1. The van der Waals surface area contributed by atoms with E-state index >= 15 is 0 Å². The molecule has 88 valence electrons. The molecule has 0 aliphatic heterocycles. The maximum absolute atomic E-state index is 12.9. The molecular weight excluding hydrogens is 233 g/mol. The minimum atomic E-state index is -1.07. The van der Waals surface area contributed by atoms with Gasteiger partial charge in [-0.3, -0.25) is 10.1 Å². The van der Waals surface area contributed by atoms with Crippen molar-refractivity contribution in [3.8, 4) is 0 Å². The molecule has 2 N–H and O–H groups in total. The molecule has 1 rings (SSSR count). The predicted molar refractivity (Wildman–Crippen MR) is 60.0 cm³/mol. The molecule has 0 amide bonds. The van der Waals surface area contributed by atoms with E-state index in [1.165, 1.54) is 32.0 Å². The Morgan fingerprint density at radius 3 is 2.75 bits per heavy atom. The van der Waals surface area contributed by atoms with Crippen molar-refractivity contribution in [1.29, 1.82) is 0 Å². The Bertz CT molecular complexity index is 407. The van der Waals surface area contributed by atoms with Gasteiger partial charge in [-0.15, -0.1) is 0 Å². The molecule has 0 radical (unpaired) electrons. The first-order valence-electron chi connectivity index (χ1n) is 4.75. The van der Waals surface area contributed by atoms with E-state index in [1.807, 2.05) is 0 Å². The van der Waals surface area contributed by atoms with Crippen LogP contribution >= 0.6 is 11.6 Å². The van der Waals surface area contributed by atoms with Gasteiger partial charge in [0.2, 0.25) is 0 Å². The number of nitrogens with one attached hydrogen (secondary N) is 1. The average Bonchev–Trinajstić information content (AvgIpc) is 2.19. The van der Waals surface area contributed by atoms with Crippen LogP contribution in [0.25, 0.3) is 0 Å². The van der Waals surface area contributed by atoms with Crippen LogP contribution < -0.4 is 5.32 Å². The Labute approximate surface area is 98.2 Å². The van der Waals surface area contributed by atoms with Crippen LogP contribution in [0.4, 0.5) is 4.39 Å². The molecular formula is C11H13ClFNO2. The van der Waals surface area contributed by atoms with Crippen LogP contribution in [0.5, 0.6) is 0 Å². The molecule has 0 heterocycles. The molecule has 1 aromatic carbocycles. The van der Waals surface area contributed by atoms with Gasteiger partial charge < -0.3 is 5.11 Å². The normalized spacial score (nSPS) is 11.5. The SMILES string of the molecule is CC(C)(NCc1cc(F)ccc1Cl)C(=O)O. The Morgan fingerprint density at radius 1 is 1.56 bits per heavy atom. The van der Waals surface area contributed by atoms with Crippen LogP contribution in [0.15, 0.2) is 18.2 Å². The van der Waals surface area contributed by atoms with E-state index in [9.17, 15) is 9.18 Å². The van der Waals surface area contributed by atoms with E-state index in [0.717, 1.165) is 0 Å². The maximum Gasteiger partial charge on any atom is 0.323 e. The summed E-state index contributed by atoms with van der Waals surface area (Å²) in [5.41, 5.74) is -0.536. The second kappa shape index (κ2) is 4.80. The number of carbonyl (C=O) groups is 1. The molecule has 0 fully saturated rings.